The summed E-state index contributed by atoms with van der Waals surface area (Å²) in [5, 5.41) is 5.79. The van der Waals surface area contributed by atoms with Crippen LogP contribution in [0.5, 0.6) is 0 Å². The molecule has 21 heavy (non-hydrogen) atoms. The van der Waals surface area contributed by atoms with Crippen LogP contribution in [0.1, 0.15) is 18.3 Å². The maximum Gasteiger partial charge on any atom is 0.142 e. The number of para-hydroxylation sites is 1. The van der Waals surface area contributed by atoms with Gasteiger partial charge in [-0.25, -0.2) is 9.97 Å². The van der Waals surface area contributed by atoms with Crippen LogP contribution in [0.3, 0.4) is 0 Å². The zero-order valence-corrected chi connectivity index (χ0v) is 11.8. The van der Waals surface area contributed by atoms with E-state index in [-0.39, 0.29) is 0 Å². The normalized spacial score (nSPS) is 19.3. The summed E-state index contributed by atoms with van der Waals surface area (Å²) in [6, 6.07) is 10.7. The van der Waals surface area contributed by atoms with Gasteiger partial charge >= 0.3 is 0 Å². The molecule has 0 amide bonds. The number of hydrogen-bond donors (Lipinski definition) is 0. The van der Waals surface area contributed by atoms with E-state index in [1.807, 2.05) is 12.3 Å². The summed E-state index contributed by atoms with van der Waals surface area (Å²) in [6.07, 6.45) is 6.69. The number of nitrogens with zero attached hydrogens (tertiary/aromatic N) is 5. The van der Waals surface area contributed by atoms with E-state index in [0.29, 0.717) is 6.04 Å². The number of aromatic nitrogens is 4. The third-order valence-electron chi connectivity index (χ3n) is 4.08. The summed E-state index contributed by atoms with van der Waals surface area (Å²) in [7, 11) is 0. The first kappa shape index (κ1) is 12.5. The van der Waals surface area contributed by atoms with E-state index in [4.69, 9.17) is 0 Å². The fraction of sp³-hybridized carbons (Fsp3) is 0.312. The smallest absolute Gasteiger partial charge is 0.142 e. The lowest BCUT2D eigenvalue weighted by molar-refractivity contribution is 0.305. The van der Waals surface area contributed by atoms with Crippen molar-refractivity contribution in [1.29, 1.82) is 0 Å². The Morgan fingerprint density at radius 2 is 1.95 bits per heavy atom. The Morgan fingerprint density at radius 3 is 2.86 bits per heavy atom. The molecule has 3 heterocycles. The summed E-state index contributed by atoms with van der Waals surface area (Å²) in [4.78, 5) is 11.0. The number of benzene rings is 1. The zero-order chi connectivity index (χ0) is 14.1. The molecule has 106 valence electrons. The lowest BCUT2D eigenvalue weighted by atomic mass is 10.2. The maximum atomic E-state index is 4.58. The highest BCUT2D eigenvalue weighted by Gasteiger charge is 2.25. The van der Waals surface area contributed by atoms with Crippen molar-refractivity contribution in [2.75, 3.05) is 13.1 Å². The van der Waals surface area contributed by atoms with Gasteiger partial charge in [-0.05, 0) is 18.6 Å². The van der Waals surface area contributed by atoms with Gasteiger partial charge in [0.15, 0.2) is 0 Å². The largest absolute Gasteiger partial charge is 0.294 e. The molecule has 1 aromatic carbocycles. The second kappa shape index (κ2) is 5.26. The molecular formula is C16H17N5. The van der Waals surface area contributed by atoms with E-state index in [1.165, 1.54) is 10.9 Å². The summed E-state index contributed by atoms with van der Waals surface area (Å²) < 4.78 is 2.17. The van der Waals surface area contributed by atoms with Gasteiger partial charge in [0.1, 0.15) is 5.82 Å². The van der Waals surface area contributed by atoms with Crippen molar-refractivity contribution in [3.8, 4) is 0 Å². The molecule has 2 aromatic heterocycles. The van der Waals surface area contributed by atoms with Crippen LogP contribution in [0, 0.1) is 0 Å². The molecule has 1 aliphatic heterocycles. The topological polar surface area (TPSA) is 46.8 Å². The Labute approximate surface area is 123 Å². The van der Waals surface area contributed by atoms with Crippen molar-refractivity contribution < 1.29 is 0 Å². The molecule has 4 rings (SSSR count). The average molecular weight is 279 g/mol. The van der Waals surface area contributed by atoms with Gasteiger partial charge in [0.05, 0.1) is 24.3 Å². The van der Waals surface area contributed by atoms with Crippen molar-refractivity contribution in [2.45, 2.75) is 19.0 Å². The molecule has 0 aliphatic carbocycles. The molecule has 3 aromatic rings. The van der Waals surface area contributed by atoms with Crippen molar-refractivity contribution in [3.05, 3.63) is 54.7 Å². The van der Waals surface area contributed by atoms with E-state index in [1.54, 1.807) is 12.4 Å². The molecular weight excluding hydrogens is 262 g/mol. The summed E-state index contributed by atoms with van der Waals surface area (Å²) in [5.41, 5.74) is 1.22. The van der Waals surface area contributed by atoms with Gasteiger partial charge in [-0.3, -0.25) is 9.58 Å². The van der Waals surface area contributed by atoms with Crippen molar-refractivity contribution in [2.24, 2.45) is 0 Å². The number of hydrogen-bond acceptors (Lipinski definition) is 4. The van der Waals surface area contributed by atoms with Gasteiger partial charge < -0.3 is 0 Å². The van der Waals surface area contributed by atoms with Gasteiger partial charge in [-0.2, -0.15) is 5.10 Å². The predicted octanol–water partition coefficient (Wildman–Crippen LogP) is 2.27. The molecule has 5 heteroatoms. The van der Waals surface area contributed by atoms with E-state index < -0.39 is 0 Å². The Hall–Kier alpha value is -2.27. The zero-order valence-electron chi connectivity index (χ0n) is 11.8. The molecule has 5 nitrogen and oxygen atoms in total. The van der Waals surface area contributed by atoms with Crippen LogP contribution in [-0.4, -0.2) is 37.7 Å². The maximum absolute atomic E-state index is 4.58. The minimum Gasteiger partial charge on any atom is -0.294 e. The Morgan fingerprint density at radius 1 is 1.10 bits per heavy atom. The van der Waals surface area contributed by atoms with Gasteiger partial charge in [0, 0.05) is 30.9 Å². The molecule has 0 radical (unpaired) electrons. The number of rotatable bonds is 3. The summed E-state index contributed by atoms with van der Waals surface area (Å²) >= 11 is 0. The SMILES string of the molecule is c1cnc(CN2CCC(n3ncc4ccccc43)C2)nc1. The predicted molar refractivity (Wildman–Crippen MR) is 80.7 cm³/mol. The van der Waals surface area contributed by atoms with Gasteiger partial charge in [0.2, 0.25) is 0 Å². The van der Waals surface area contributed by atoms with Gasteiger partial charge in [-0.1, -0.05) is 18.2 Å². The third-order valence-corrected chi connectivity index (χ3v) is 4.08. The fourth-order valence-electron chi connectivity index (χ4n) is 3.05. The molecule has 1 saturated heterocycles. The highest BCUT2D eigenvalue weighted by Crippen LogP contribution is 2.25. The molecule has 1 fully saturated rings. The van der Waals surface area contributed by atoms with Crippen LogP contribution in [-0.2, 0) is 6.54 Å². The summed E-state index contributed by atoms with van der Waals surface area (Å²) in [5.74, 6) is 0.892. The monoisotopic (exact) mass is 279 g/mol. The minimum absolute atomic E-state index is 0.439. The van der Waals surface area contributed by atoms with E-state index >= 15 is 0 Å². The molecule has 1 atom stereocenters. The number of likely N-dealkylation sites (tertiary alicyclic amines) is 1. The van der Waals surface area contributed by atoms with Crippen molar-refractivity contribution in [3.63, 3.8) is 0 Å². The van der Waals surface area contributed by atoms with E-state index in [2.05, 4.69) is 48.9 Å². The highest BCUT2D eigenvalue weighted by molar-refractivity contribution is 5.78. The molecule has 0 spiro atoms. The Balaban J connectivity index is 1.51. The Kier molecular flexibility index (Phi) is 3.12. The van der Waals surface area contributed by atoms with Crippen molar-refractivity contribution >= 4 is 10.9 Å². The lowest BCUT2D eigenvalue weighted by Crippen LogP contribution is -2.22. The first-order chi connectivity index (χ1) is 10.4. The first-order valence-electron chi connectivity index (χ1n) is 7.31. The van der Waals surface area contributed by atoms with Crippen LogP contribution in [0.25, 0.3) is 10.9 Å². The van der Waals surface area contributed by atoms with E-state index in [9.17, 15) is 0 Å². The van der Waals surface area contributed by atoms with Crippen molar-refractivity contribution in [1.82, 2.24) is 24.6 Å². The quantitative estimate of drug-likeness (QED) is 0.738. The lowest BCUT2D eigenvalue weighted by Gasteiger charge is -2.15. The molecule has 0 N–H and O–H groups in total. The highest BCUT2D eigenvalue weighted by atomic mass is 15.3. The van der Waals surface area contributed by atoms with E-state index in [0.717, 1.165) is 31.9 Å². The molecule has 1 aliphatic rings. The molecule has 0 bridgehead atoms. The summed E-state index contributed by atoms with van der Waals surface area (Å²) in [6.45, 7) is 2.89. The van der Waals surface area contributed by atoms with Gasteiger partial charge in [-0.15, -0.1) is 0 Å². The third kappa shape index (κ3) is 2.40. The molecule has 1 unspecified atom stereocenters. The van der Waals surface area contributed by atoms with Crippen LogP contribution in [0.4, 0.5) is 0 Å². The second-order valence-electron chi connectivity index (χ2n) is 5.49. The minimum atomic E-state index is 0.439. The van der Waals surface area contributed by atoms with Gasteiger partial charge in [0.25, 0.3) is 0 Å². The van der Waals surface area contributed by atoms with Crippen LogP contribution in [0.2, 0.25) is 0 Å². The average Bonchev–Trinajstić information content (AvgIpc) is 3.14. The second-order valence-corrected chi connectivity index (χ2v) is 5.49. The Bertz CT molecular complexity index is 737. The fourth-order valence-corrected chi connectivity index (χ4v) is 3.05. The first-order valence-corrected chi connectivity index (χ1v) is 7.31. The standard InChI is InChI=1S/C16H17N5/c1-2-5-15-13(4-1)10-19-21(15)14-6-9-20(11-14)12-16-17-7-3-8-18-16/h1-5,7-8,10,14H,6,9,11-12H2. The molecule has 0 saturated carbocycles. The van der Waals surface area contributed by atoms with Crippen LogP contribution in [0.15, 0.2) is 48.9 Å². The van der Waals surface area contributed by atoms with Crippen LogP contribution >= 0.6 is 0 Å². The van der Waals surface area contributed by atoms with Crippen LogP contribution < -0.4 is 0 Å². The number of fused-ring (bicyclic) bond motifs is 1.